The van der Waals surface area contributed by atoms with Crippen LogP contribution in [0.5, 0.6) is 0 Å². The van der Waals surface area contributed by atoms with Crippen molar-refractivity contribution in [2.45, 2.75) is 26.8 Å². The highest BCUT2D eigenvalue weighted by atomic mass is 16.4. The number of oxazole rings is 1. The molecular weight excluding hydrogens is 292 g/mol. The number of nitrogens with one attached hydrogen (secondary N) is 1. The van der Waals surface area contributed by atoms with Crippen LogP contribution >= 0.6 is 0 Å². The van der Waals surface area contributed by atoms with E-state index in [0.29, 0.717) is 18.9 Å². The fourth-order valence-corrected chi connectivity index (χ4v) is 2.19. The second-order valence-corrected chi connectivity index (χ2v) is 5.20. The monoisotopic (exact) mass is 310 g/mol. The summed E-state index contributed by atoms with van der Waals surface area (Å²) in [5, 5.41) is 6.99. The van der Waals surface area contributed by atoms with Gasteiger partial charge in [0.05, 0.1) is 6.54 Å². The minimum atomic E-state index is -0.00812. The van der Waals surface area contributed by atoms with Gasteiger partial charge in [0.15, 0.2) is 0 Å². The van der Waals surface area contributed by atoms with Crippen LogP contribution in [-0.4, -0.2) is 20.7 Å². The number of benzene rings is 1. The van der Waals surface area contributed by atoms with Gasteiger partial charge in [0, 0.05) is 30.1 Å². The summed E-state index contributed by atoms with van der Waals surface area (Å²) in [5.74, 6) is 1.34. The van der Waals surface area contributed by atoms with Crippen LogP contribution in [0.2, 0.25) is 0 Å². The van der Waals surface area contributed by atoms with E-state index in [2.05, 4.69) is 15.4 Å². The molecule has 1 aromatic carbocycles. The summed E-state index contributed by atoms with van der Waals surface area (Å²) in [7, 11) is 0. The van der Waals surface area contributed by atoms with E-state index in [0.717, 1.165) is 22.7 Å². The zero-order valence-corrected chi connectivity index (χ0v) is 13.1. The van der Waals surface area contributed by atoms with Crippen LogP contribution in [0.4, 0.5) is 5.69 Å². The van der Waals surface area contributed by atoms with Crippen LogP contribution in [0.1, 0.15) is 24.8 Å². The number of nitrogens with zero attached hydrogens (tertiary/aromatic N) is 3. The molecule has 0 unspecified atom stereocenters. The Bertz CT molecular complexity index is 789. The zero-order valence-electron chi connectivity index (χ0n) is 13.1. The summed E-state index contributed by atoms with van der Waals surface area (Å²) in [5.41, 5.74) is 2.49. The average molecular weight is 310 g/mol. The lowest BCUT2D eigenvalue weighted by molar-refractivity contribution is -0.115. The average Bonchev–Trinajstić information content (AvgIpc) is 3.19. The van der Waals surface area contributed by atoms with Crippen LogP contribution in [-0.2, 0) is 11.3 Å². The highest BCUT2D eigenvalue weighted by molar-refractivity contribution is 5.90. The van der Waals surface area contributed by atoms with Crippen molar-refractivity contribution in [3.8, 4) is 11.5 Å². The van der Waals surface area contributed by atoms with Crippen molar-refractivity contribution in [2.75, 3.05) is 5.32 Å². The Morgan fingerprint density at radius 2 is 2.09 bits per heavy atom. The Morgan fingerprint density at radius 3 is 2.74 bits per heavy atom. The molecule has 3 aromatic rings. The highest BCUT2D eigenvalue weighted by Crippen LogP contribution is 2.23. The van der Waals surface area contributed by atoms with Crippen LogP contribution in [0.25, 0.3) is 11.5 Å². The van der Waals surface area contributed by atoms with E-state index >= 15 is 0 Å². The first-order valence-electron chi connectivity index (χ1n) is 7.49. The first kappa shape index (κ1) is 15.0. The van der Waals surface area contributed by atoms with Gasteiger partial charge in [-0.2, -0.15) is 5.10 Å². The highest BCUT2D eigenvalue weighted by Gasteiger charge is 2.12. The first-order chi connectivity index (χ1) is 11.2. The second kappa shape index (κ2) is 6.48. The lowest BCUT2D eigenvalue weighted by Gasteiger charge is -2.03. The molecule has 0 saturated carbocycles. The van der Waals surface area contributed by atoms with Gasteiger partial charge in [-0.3, -0.25) is 9.48 Å². The van der Waals surface area contributed by atoms with Gasteiger partial charge in [0.1, 0.15) is 11.5 Å². The molecule has 6 heteroatoms. The van der Waals surface area contributed by atoms with Gasteiger partial charge >= 0.3 is 0 Å². The third-order valence-electron chi connectivity index (χ3n) is 3.50. The quantitative estimate of drug-likeness (QED) is 0.785. The van der Waals surface area contributed by atoms with Crippen molar-refractivity contribution in [1.82, 2.24) is 14.8 Å². The molecule has 2 heterocycles. The number of anilines is 1. The number of amides is 1. The molecule has 0 bridgehead atoms. The molecule has 6 nitrogen and oxygen atoms in total. The normalized spacial score (nSPS) is 10.7. The molecule has 1 N–H and O–H groups in total. The molecule has 0 aliphatic rings. The standard InChI is InChI=1S/C17H18N4O2/c1-3-16(22)19-14-7-5-13(6-8-14)17-20-15(12(2)23-17)11-21-10-4-9-18-21/h4-10H,3,11H2,1-2H3,(H,19,22). The third-order valence-corrected chi connectivity index (χ3v) is 3.50. The van der Waals surface area contributed by atoms with E-state index < -0.39 is 0 Å². The topological polar surface area (TPSA) is 73.0 Å². The van der Waals surface area contributed by atoms with Crippen molar-refractivity contribution >= 4 is 11.6 Å². The molecule has 1 amide bonds. The largest absolute Gasteiger partial charge is 0.441 e. The number of carbonyl (C=O) groups excluding carboxylic acids is 1. The van der Waals surface area contributed by atoms with Crippen molar-refractivity contribution < 1.29 is 9.21 Å². The van der Waals surface area contributed by atoms with Gasteiger partial charge in [0.2, 0.25) is 11.8 Å². The Hall–Kier alpha value is -2.89. The maximum Gasteiger partial charge on any atom is 0.226 e. The summed E-state index contributed by atoms with van der Waals surface area (Å²) < 4.78 is 7.56. The molecule has 0 atom stereocenters. The van der Waals surface area contributed by atoms with Crippen LogP contribution in [0, 0.1) is 6.92 Å². The Kier molecular flexibility index (Phi) is 4.23. The molecule has 118 valence electrons. The van der Waals surface area contributed by atoms with Crippen molar-refractivity contribution in [3.05, 3.63) is 54.2 Å². The van der Waals surface area contributed by atoms with E-state index in [-0.39, 0.29) is 5.91 Å². The molecule has 0 fully saturated rings. The predicted octanol–water partition coefficient (Wildman–Crippen LogP) is 3.24. The molecular formula is C17H18N4O2. The molecule has 0 spiro atoms. The summed E-state index contributed by atoms with van der Waals surface area (Å²) >= 11 is 0. The van der Waals surface area contributed by atoms with Gasteiger partial charge in [-0.1, -0.05) is 6.92 Å². The number of hydrogen-bond acceptors (Lipinski definition) is 4. The van der Waals surface area contributed by atoms with Gasteiger partial charge < -0.3 is 9.73 Å². The predicted molar refractivity (Wildman–Crippen MR) is 86.9 cm³/mol. The first-order valence-corrected chi connectivity index (χ1v) is 7.49. The van der Waals surface area contributed by atoms with Crippen LogP contribution in [0.15, 0.2) is 47.1 Å². The summed E-state index contributed by atoms with van der Waals surface area (Å²) in [6.07, 6.45) is 4.08. The van der Waals surface area contributed by atoms with E-state index in [1.54, 1.807) is 10.9 Å². The molecule has 0 aliphatic heterocycles. The van der Waals surface area contributed by atoms with Gasteiger partial charge in [-0.15, -0.1) is 0 Å². The number of aryl methyl sites for hydroxylation is 1. The van der Waals surface area contributed by atoms with Gasteiger partial charge in [0.25, 0.3) is 0 Å². The molecule has 0 radical (unpaired) electrons. The smallest absolute Gasteiger partial charge is 0.226 e. The van der Waals surface area contributed by atoms with E-state index in [1.165, 1.54) is 0 Å². The Morgan fingerprint density at radius 1 is 1.30 bits per heavy atom. The lowest BCUT2D eigenvalue weighted by Crippen LogP contribution is -2.08. The lowest BCUT2D eigenvalue weighted by atomic mass is 10.2. The minimum absolute atomic E-state index is 0.00812. The number of aromatic nitrogens is 3. The maximum atomic E-state index is 11.4. The van der Waals surface area contributed by atoms with Gasteiger partial charge in [-0.05, 0) is 37.3 Å². The Labute approximate surface area is 134 Å². The van der Waals surface area contributed by atoms with Crippen LogP contribution < -0.4 is 5.32 Å². The zero-order chi connectivity index (χ0) is 16.2. The summed E-state index contributed by atoms with van der Waals surface area (Å²) in [4.78, 5) is 15.9. The fourth-order valence-electron chi connectivity index (χ4n) is 2.19. The van der Waals surface area contributed by atoms with E-state index in [4.69, 9.17) is 4.42 Å². The van der Waals surface area contributed by atoms with E-state index in [9.17, 15) is 4.79 Å². The molecule has 0 aliphatic carbocycles. The van der Waals surface area contributed by atoms with Crippen molar-refractivity contribution in [3.63, 3.8) is 0 Å². The Balaban J connectivity index is 1.78. The minimum Gasteiger partial charge on any atom is -0.441 e. The SMILES string of the molecule is CCC(=O)Nc1ccc(-c2nc(Cn3cccn3)c(C)o2)cc1. The summed E-state index contributed by atoms with van der Waals surface area (Å²) in [6, 6.07) is 9.33. The molecule has 0 saturated heterocycles. The maximum absolute atomic E-state index is 11.4. The number of rotatable bonds is 5. The van der Waals surface area contributed by atoms with Gasteiger partial charge in [-0.25, -0.2) is 4.98 Å². The fraction of sp³-hybridized carbons (Fsp3) is 0.235. The number of hydrogen-bond donors (Lipinski definition) is 1. The third kappa shape index (κ3) is 3.48. The van der Waals surface area contributed by atoms with Crippen molar-refractivity contribution in [2.24, 2.45) is 0 Å². The molecule has 3 rings (SSSR count). The molecule has 2 aromatic heterocycles. The second-order valence-electron chi connectivity index (χ2n) is 5.20. The van der Waals surface area contributed by atoms with Crippen molar-refractivity contribution in [1.29, 1.82) is 0 Å². The molecule has 23 heavy (non-hydrogen) atoms. The number of carbonyl (C=O) groups is 1. The van der Waals surface area contributed by atoms with Crippen LogP contribution in [0.3, 0.4) is 0 Å². The summed E-state index contributed by atoms with van der Waals surface area (Å²) in [6.45, 7) is 4.29. The van der Waals surface area contributed by atoms with E-state index in [1.807, 2.05) is 50.4 Å².